The molecule has 5 heteroatoms. The Morgan fingerprint density at radius 2 is 1.77 bits per heavy atom. The van der Waals surface area contributed by atoms with Crippen LogP contribution in [-0.4, -0.2) is 22.1 Å². The van der Waals surface area contributed by atoms with E-state index in [0.29, 0.717) is 18.2 Å². The Bertz CT molecular complexity index is 908. The molecule has 2 aromatic carbocycles. The van der Waals surface area contributed by atoms with Gasteiger partial charge >= 0.3 is 0 Å². The largest absolute Gasteiger partial charge is 0.471 e. The smallest absolute Gasteiger partial charge is 0.217 e. The van der Waals surface area contributed by atoms with Crippen LogP contribution in [0.4, 0.5) is 5.69 Å². The van der Waals surface area contributed by atoms with Crippen LogP contribution in [0, 0.1) is 6.92 Å². The van der Waals surface area contributed by atoms with Gasteiger partial charge in [-0.3, -0.25) is 0 Å². The van der Waals surface area contributed by atoms with Crippen LogP contribution in [0.5, 0.6) is 5.88 Å². The lowest BCUT2D eigenvalue weighted by Crippen LogP contribution is -2.13. The van der Waals surface area contributed by atoms with E-state index in [4.69, 9.17) is 10.5 Å². The van der Waals surface area contributed by atoms with Crippen molar-refractivity contribution in [3.8, 4) is 11.6 Å². The van der Waals surface area contributed by atoms with E-state index >= 15 is 0 Å². The number of aromatic nitrogens is 2. The molecule has 1 heterocycles. The molecule has 3 rings (SSSR count). The number of allylic oxidation sites excluding steroid dienone is 1. The molecule has 132 valence electrons. The van der Waals surface area contributed by atoms with E-state index in [9.17, 15) is 0 Å². The molecule has 0 unspecified atom stereocenters. The fraction of sp³-hybridized carbons (Fsp3) is 0.143. The zero-order valence-electron chi connectivity index (χ0n) is 15.0. The molecular formula is C21H22N4O. The van der Waals surface area contributed by atoms with E-state index in [2.05, 4.69) is 10.1 Å². The van der Waals surface area contributed by atoms with Crippen LogP contribution >= 0.6 is 0 Å². The highest BCUT2D eigenvalue weighted by atomic mass is 16.5. The molecule has 0 atom stereocenters. The van der Waals surface area contributed by atoms with Crippen LogP contribution < -0.4 is 10.5 Å². The molecule has 2 N–H and O–H groups in total. The van der Waals surface area contributed by atoms with E-state index in [1.165, 1.54) is 0 Å². The number of nitrogens with two attached hydrogens (primary N) is 1. The lowest BCUT2D eigenvalue weighted by molar-refractivity contribution is 0.350. The van der Waals surface area contributed by atoms with Crippen LogP contribution in [0.15, 0.2) is 83.5 Å². The zero-order chi connectivity index (χ0) is 18.4. The van der Waals surface area contributed by atoms with Gasteiger partial charge in [0.1, 0.15) is 6.61 Å². The van der Waals surface area contributed by atoms with Gasteiger partial charge in [-0.15, -0.1) is 0 Å². The number of hydrogen-bond acceptors (Lipinski definition) is 4. The summed E-state index contributed by atoms with van der Waals surface area (Å²) in [5.41, 5.74) is 9.96. The fourth-order valence-corrected chi connectivity index (χ4v) is 2.52. The summed E-state index contributed by atoms with van der Waals surface area (Å²) in [6, 6.07) is 21.5. The summed E-state index contributed by atoms with van der Waals surface area (Å²) in [5, 5.41) is 4.52. The van der Waals surface area contributed by atoms with E-state index < -0.39 is 0 Å². The maximum atomic E-state index is 6.02. The highest BCUT2D eigenvalue weighted by Crippen LogP contribution is 2.19. The van der Waals surface area contributed by atoms with Crippen molar-refractivity contribution in [2.45, 2.75) is 13.8 Å². The molecule has 0 aliphatic heterocycles. The number of nitrogens with zero attached hydrogens (tertiary/aromatic N) is 3. The Labute approximate surface area is 153 Å². The molecule has 0 saturated heterocycles. The predicted octanol–water partition coefficient (Wildman–Crippen LogP) is 4.19. The lowest BCUT2D eigenvalue weighted by Gasteiger charge is -2.10. The molecule has 3 aromatic rings. The Balaban J connectivity index is 1.84. The molecule has 0 aliphatic rings. The minimum absolute atomic E-state index is 0.293. The Morgan fingerprint density at radius 1 is 1.12 bits per heavy atom. The summed E-state index contributed by atoms with van der Waals surface area (Å²) in [7, 11) is 0. The van der Waals surface area contributed by atoms with Crippen molar-refractivity contribution in [3.63, 3.8) is 0 Å². The van der Waals surface area contributed by atoms with Crippen molar-refractivity contribution >= 4 is 11.4 Å². The van der Waals surface area contributed by atoms with Crippen molar-refractivity contribution < 1.29 is 4.74 Å². The molecule has 0 bridgehead atoms. The minimum atomic E-state index is 0.293. The van der Waals surface area contributed by atoms with Crippen LogP contribution in [0.2, 0.25) is 0 Å². The maximum Gasteiger partial charge on any atom is 0.217 e. The first-order valence-corrected chi connectivity index (χ1v) is 8.43. The Hall–Kier alpha value is -3.34. The summed E-state index contributed by atoms with van der Waals surface area (Å²) in [4.78, 5) is 4.63. The number of benzene rings is 2. The Kier molecular flexibility index (Phi) is 5.49. The summed E-state index contributed by atoms with van der Waals surface area (Å²) < 4.78 is 7.80. The molecule has 0 aliphatic carbocycles. The summed E-state index contributed by atoms with van der Waals surface area (Å²) in [5.74, 6) is 0.664. The van der Waals surface area contributed by atoms with Crippen molar-refractivity contribution in [2.75, 3.05) is 6.61 Å². The van der Waals surface area contributed by atoms with Gasteiger partial charge in [0.2, 0.25) is 5.88 Å². The highest BCUT2D eigenvalue weighted by molar-refractivity contribution is 5.98. The lowest BCUT2D eigenvalue weighted by atomic mass is 10.3. The number of para-hydroxylation sites is 2. The van der Waals surface area contributed by atoms with Gasteiger partial charge in [-0.05, 0) is 44.2 Å². The average molecular weight is 346 g/mol. The molecule has 0 spiro atoms. The quantitative estimate of drug-likeness (QED) is 0.681. The first-order chi connectivity index (χ1) is 12.6. The van der Waals surface area contributed by atoms with Crippen LogP contribution in [0.1, 0.15) is 12.6 Å². The summed E-state index contributed by atoms with van der Waals surface area (Å²) in [6.07, 6.45) is 1.82. The van der Waals surface area contributed by atoms with E-state index in [1.54, 1.807) is 4.68 Å². The van der Waals surface area contributed by atoms with Gasteiger partial charge in [0.25, 0.3) is 0 Å². The van der Waals surface area contributed by atoms with Gasteiger partial charge in [0.15, 0.2) is 0 Å². The average Bonchev–Trinajstić information content (AvgIpc) is 3.02. The molecule has 0 saturated carbocycles. The van der Waals surface area contributed by atoms with Crippen molar-refractivity contribution in [1.29, 1.82) is 0 Å². The number of aliphatic imine (C=N–C) groups is 1. The second-order valence-electron chi connectivity index (χ2n) is 5.99. The van der Waals surface area contributed by atoms with Crippen molar-refractivity contribution in [3.05, 3.63) is 84.2 Å². The van der Waals surface area contributed by atoms with Crippen LogP contribution in [0.3, 0.4) is 0 Å². The topological polar surface area (TPSA) is 65.4 Å². The number of aryl methyl sites for hydroxylation is 1. The van der Waals surface area contributed by atoms with E-state index in [0.717, 1.165) is 22.8 Å². The van der Waals surface area contributed by atoms with Crippen molar-refractivity contribution in [1.82, 2.24) is 9.78 Å². The van der Waals surface area contributed by atoms with Gasteiger partial charge in [0.05, 0.1) is 22.8 Å². The molecule has 0 radical (unpaired) electrons. The standard InChI is InChI=1S/C21H22N4O/c1-16(22)13-19(23-18-9-5-3-6-10-18)15-26-21-14-17(2)24-25(21)20-11-7-4-8-12-20/h3-14H,15,22H2,1-2H3. The number of rotatable bonds is 6. The van der Waals surface area contributed by atoms with Gasteiger partial charge in [-0.2, -0.15) is 5.10 Å². The van der Waals surface area contributed by atoms with Gasteiger partial charge in [-0.25, -0.2) is 9.67 Å². The third-order valence-electron chi connectivity index (χ3n) is 3.59. The van der Waals surface area contributed by atoms with E-state index in [1.807, 2.05) is 86.7 Å². The summed E-state index contributed by atoms with van der Waals surface area (Å²) in [6.45, 7) is 4.06. The molecule has 0 amide bonds. The first kappa shape index (κ1) is 17.5. The second-order valence-corrected chi connectivity index (χ2v) is 5.99. The Morgan fingerprint density at radius 3 is 2.42 bits per heavy atom. The second kappa shape index (κ2) is 8.16. The van der Waals surface area contributed by atoms with E-state index in [-0.39, 0.29) is 0 Å². The molecule has 1 aromatic heterocycles. The van der Waals surface area contributed by atoms with Crippen LogP contribution in [0.25, 0.3) is 5.69 Å². The highest BCUT2D eigenvalue weighted by Gasteiger charge is 2.10. The third kappa shape index (κ3) is 4.60. The molecule has 0 fully saturated rings. The van der Waals surface area contributed by atoms with Crippen molar-refractivity contribution in [2.24, 2.45) is 10.7 Å². The molecule has 5 nitrogen and oxygen atoms in total. The molecule has 26 heavy (non-hydrogen) atoms. The summed E-state index contributed by atoms with van der Waals surface area (Å²) >= 11 is 0. The number of ether oxygens (including phenoxy) is 1. The fourth-order valence-electron chi connectivity index (χ4n) is 2.52. The maximum absolute atomic E-state index is 6.02. The predicted molar refractivity (Wildman–Crippen MR) is 105 cm³/mol. The SMILES string of the molecule is CC(N)=CC(COc1cc(C)nn1-c1ccccc1)=Nc1ccccc1. The number of hydrogen-bond donors (Lipinski definition) is 1. The first-order valence-electron chi connectivity index (χ1n) is 8.43. The minimum Gasteiger partial charge on any atom is -0.471 e. The third-order valence-corrected chi connectivity index (χ3v) is 3.59. The molecular weight excluding hydrogens is 324 g/mol. The monoisotopic (exact) mass is 346 g/mol. The zero-order valence-corrected chi connectivity index (χ0v) is 15.0. The van der Waals surface area contributed by atoms with Gasteiger partial charge in [-0.1, -0.05) is 36.4 Å². The van der Waals surface area contributed by atoms with Gasteiger partial charge in [0, 0.05) is 11.8 Å². The normalized spacial score (nSPS) is 12.2. The van der Waals surface area contributed by atoms with Crippen LogP contribution in [-0.2, 0) is 0 Å². The van der Waals surface area contributed by atoms with Gasteiger partial charge < -0.3 is 10.5 Å².